The van der Waals surface area contributed by atoms with Gasteiger partial charge in [-0.3, -0.25) is 14.4 Å². The number of hydrogen-bond acceptors (Lipinski definition) is 5. The molecule has 1 aliphatic rings. The van der Waals surface area contributed by atoms with Crippen molar-refractivity contribution >= 4 is 46.9 Å². The second kappa shape index (κ2) is 11.5. The summed E-state index contributed by atoms with van der Waals surface area (Å²) in [4.78, 5) is 55.2. The zero-order valence-corrected chi connectivity index (χ0v) is 21.6. The van der Waals surface area contributed by atoms with E-state index in [1.54, 1.807) is 91.0 Å². The number of urea groups is 1. The standard InChI is InChI=1S/C32H25N3O5/c1-22-11-10-13-24(19-22)33-29(36)21-40-28-18-9-8-12-23(28)20-27-30(37)34(25-14-4-2-5-15-25)32(39)35(31(27)38)26-16-6-3-7-17-26/h2-20H,21H2,1H3,(H,33,36). The Hall–Kier alpha value is -5.50. The molecular weight excluding hydrogens is 506 g/mol. The van der Waals surface area contributed by atoms with E-state index < -0.39 is 17.8 Å². The predicted octanol–water partition coefficient (Wildman–Crippen LogP) is 5.60. The maximum Gasteiger partial charge on any atom is 0.343 e. The van der Waals surface area contributed by atoms with Gasteiger partial charge in [-0.05, 0) is 61.0 Å². The molecule has 1 aliphatic heterocycles. The predicted molar refractivity (Wildman–Crippen MR) is 153 cm³/mol. The summed E-state index contributed by atoms with van der Waals surface area (Å²) in [6.07, 6.45) is 1.39. The Morgan fingerprint density at radius 1 is 0.750 bits per heavy atom. The molecule has 4 aromatic rings. The summed E-state index contributed by atoms with van der Waals surface area (Å²) in [5.41, 5.74) is 2.48. The highest BCUT2D eigenvalue weighted by Crippen LogP contribution is 2.31. The van der Waals surface area contributed by atoms with Crippen molar-refractivity contribution in [3.63, 3.8) is 0 Å². The first-order chi connectivity index (χ1) is 19.4. The lowest BCUT2D eigenvalue weighted by molar-refractivity contribution is -0.121. The van der Waals surface area contributed by atoms with Crippen LogP contribution in [0.3, 0.4) is 0 Å². The van der Waals surface area contributed by atoms with Crippen LogP contribution in [0.4, 0.5) is 21.9 Å². The third-order valence-electron chi connectivity index (χ3n) is 6.16. The summed E-state index contributed by atoms with van der Waals surface area (Å²) < 4.78 is 5.78. The van der Waals surface area contributed by atoms with Gasteiger partial charge < -0.3 is 10.1 Å². The molecule has 5 amide bonds. The fraction of sp³-hybridized carbons (Fsp3) is 0.0625. The molecule has 8 heteroatoms. The zero-order chi connectivity index (χ0) is 28.1. The van der Waals surface area contributed by atoms with Crippen LogP contribution in [-0.4, -0.2) is 30.4 Å². The van der Waals surface area contributed by atoms with Gasteiger partial charge in [-0.15, -0.1) is 0 Å². The van der Waals surface area contributed by atoms with E-state index >= 15 is 0 Å². The highest BCUT2D eigenvalue weighted by molar-refractivity contribution is 6.46. The van der Waals surface area contributed by atoms with Gasteiger partial charge >= 0.3 is 6.03 Å². The maximum absolute atomic E-state index is 13.6. The first kappa shape index (κ1) is 26.1. The van der Waals surface area contributed by atoms with Crippen LogP contribution in [0, 0.1) is 6.92 Å². The molecule has 1 heterocycles. The molecule has 0 saturated carbocycles. The molecule has 4 aromatic carbocycles. The topological polar surface area (TPSA) is 96.0 Å². The van der Waals surface area contributed by atoms with Gasteiger partial charge in [0, 0.05) is 11.3 Å². The van der Waals surface area contributed by atoms with Crippen molar-refractivity contribution in [1.82, 2.24) is 0 Å². The summed E-state index contributed by atoms with van der Waals surface area (Å²) in [6.45, 7) is 1.63. The molecule has 5 rings (SSSR count). The molecule has 0 aromatic heterocycles. The van der Waals surface area contributed by atoms with Gasteiger partial charge in [-0.25, -0.2) is 14.6 Å². The molecule has 40 heavy (non-hydrogen) atoms. The Morgan fingerprint density at radius 2 is 1.32 bits per heavy atom. The number of nitrogens with zero attached hydrogens (tertiary/aromatic N) is 2. The summed E-state index contributed by atoms with van der Waals surface area (Å²) in [7, 11) is 0. The second-order valence-corrected chi connectivity index (χ2v) is 9.04. The van der Waals surface area contributed by atoms with Crippen molar-refractivity contribution in [3.05, 3.63) is 126 Å². The van der Waals surface area contributed by atoms with E-state index in [0.29, 0.717) is 28.4 Å². The fourth-order valence-corrected chi connectivity index (χ4v) is 4.29. The van der Waals surface area contributed by atoms with Gasteiger partial charge in [0.05, 0.1) is 11.4 Å². The highest BCUT2D eigenvalue weighted by Gasteiger charge is 2.43. The lowest BCUT2D eigenvalue weighted by Crippen LogP contribution is -2.57. The zero-order valence-electron chi connectivity index (χ0n) is 21.6. The monoisotopic (exact) mass is 531 g/mol. The number of aryl methyl sites for hydroxylation is 1. The van der Waals surface area contributed by atoms with Gasteiger partial charge in [0.15, 0.2) is 6.61 Å². The highest BCUT2D eigenvalue weighted by atomic mass is 16.5. The number of ether oxygens (including phenoxy) is 1. The van der Waals surface area contributed by atoms with E-state index in [-0.39, 0.29) is 18.1 Å². The van der Waals surface area contributed by atoms with Crippen molar-refractivity contribution in [1.29, 1.82) is 0 Å². The number of benzene rings is 4. The van der Waals surface area contributed by atoms with Crippen LogP contribution in [0.25, 0.3) is 6.08 Å². The summed E-state index contributed by atoms with van der Waals surface area (Å²) >= 11 is 0. The van der Waals surface area contributed by atoms with Gasteiger partial charge in [0.2, 0.25) is 0 Å². The first-order valence-corrected chi connectivity index (χ1v) is 12.6. The number of para-hydroxylation sites is 3. The summed E-state index contributed by atoms with van der Waals surface area (Å²) in [6, 6.07) is 30.2. The van der Waals surface area contributed by atoms with Crippen LogP contribution in [0.1, 0.15) is 11.1 Å². The molecule has 0 radical (unpaired) electrons. The van der Waals surface area contributed by atoms with Crippen LogP contribution in [0.2, 0.25) is 0 Å². The van der Waals surface area contributed by atoms with Crippen molar-refractivity contribution < 1.29 is 23.9 Å². The normalized spacial score (nSPS) is 13.3. The van der Waals surface area contributed by atoms with Gasteiger partial charge in [-0.2, -0.15) is 0 Å². The smallest absolute Gasteiger partial charge is 0.343 e. The molecule has 0 atom stereocenters. The molecule has 0 spiro atoms. The van der Waals surface area contributed by atoms with Crippen LogP contribution < -0.4 is 19.9 Å². The van der Waals surface area contributed by atoms with Crippen LogP contribution >= 0.6 is 0 Å². The Kier molecular flexibility index (Phi) is 7.50. The van der Waals surface area contributed by atoms with Crippen molar-refractivity contribution in [3.8, 4) is 5.75 Å². The minimum absolute atomic E-state index is 0.229. The summed E-state index contributed by atoms with van der Waals surface area (Å²) in [5, 5.41) is 2.78. The number of hydrogen-bond donors (Lipinski definition) is 1. The lowest BCUT2D eigenvalue weighted by Gasteiger charge is -2.34. The van der Waals surface area contributed by atoms with Crippen LogP contribution in [0.15, 0.2) is 115 Å². The molecule has 8 nitrogen and oxygen atoms in total. The third-order valence-corrected chi connectivity index (χ3v) is 6.16. The Balaban J connectivity index is 1.46. The first-order valence-electron chi connectivity index (χ1n) is 12.6. The molecule has 1 fully saturated rings. The van der Waals surface area contributed by atoms with E-state index in [2.05, 4.69) is 5.32 Å². The maximum atomic E-state index is 13.6. The Bertz CT molecular complexity index is 1550. The molecule has 1 saturated heterocycles. The third kappa shape index (κ3) is 5.51. The number of imide groups is 2. The quantitative estimate of drug-likeness (QED) is 0.248. The summed E-state index contributed by atoms with van der Waals surface area (Å²) in [5.74, 6) is -1.60. The minimum atomic E-state index is -0.776. The van der Waals surface area contributed by atoms with E-state index in [9.17, 15) is 19.2 Å². The lowest BCUT2D eigenvalue weighted by atomic mass is 10.0. The number of nitrogens with one attached hydrogen (secondary N) is 1. The molecule has 1 N–H and O–H groups in total. The average Bonchev–Trinajstić information content (AvgIpc) is 2.96. The Morgan fingerprint density at radius 3 is 1.93 bits per heavy atom. The van der Waals surface area contributed by atoms with Crippen LogP contribution in [0.5, 0.6) is 5.75 Å². The van der Waals surface area contributed by atoms with E-state index in [4.69, 9.17) is 4.74 Å². The van der Waals surface area contributed by atoms with Crippen molar-refractivity contribution in [2.45, 2.75) is 6.92 Å². The number of barbiturate groups is 1. The van der Waals surface area contributed by atoms with Gasteiger partial charge in [0.1, 0.15) is 11.3 Å². The average molecular weight is 532 g/mol. The number of carbonyl (C=O) groups excluding carboxylic acids is 4. The molecule has 198 valence electrons. The van der Waals surface area contributed by atoms with E-state index in [1.165, 1.54) is 6.08 Å². The largest absolute Gasteiger partial charge is 0.483 e. The molecule has 0 bridgehead atoms. The molecule has 0 aliphatic carbocycles. The Labute approximate surface area is 231 Å². The van der Waals surface area contributed by atoms with E-state index in [0.717, 1.165) is 15.4 Å². The van der Waals surface area contributed by atoms with E-state index in [1.807, 2.05) is 25.1 Å². The minimum Gasteiger partial charge on any atom is -0.483 e. The number of anilines is 3. The number of carbonyl (C=O) groups is 4. The second-order valence-electron chi connectivity index (χ2n) is 9.04. The van der Waals surface area contributed by atoms with Crippen molar-refractivity contribution in [2.75, 3.05) is 21.7 Å². The fourth-order valence-electron chi connectivity index (χ4n) is 4.29. The van der Waals surface area contributed by atoms with Gasteiger partial charge in [-0.1, -0.05) is 66.7 Å². The number of rotatable bonds is 7. The number of amides is 5. The van der Waals surface area contributed by atoms with Gasteiger partial charge in [0.25, 0.3) is 17.7 Å². The molecular formula is C32H25N3O5. The van der Waals surface area contributed by atoms with Crippen molar-refractivity contribution in [2.24, 2.45) is 0 Å². The van der Waals surface area contributed by atoms with Crippen LogP contribution in [-0.2, 0) is 14.4 Å². The SMILES string of the molecule is Cc1cccc(NC(=O)COc2ccccc2C=C2C(=O)N(c3ccccc3)C(=O)N(c3ccccc3)C2=O)c1. The molecule has 0 unspecified atom stereocenters.